The van der Waals surface area contributed by atoms with E-state index >= 15 is 0 Å². The molecule has 0 atom stereocenters. The van der Waals surface area contributed by atoms with Crippen LogP contribution >= 0.6 is 11.3 Å². The smallest absolute Gasteiger partial charge is 0.213 e. The lowest BCUT2D eigenvalue weighted by Gasteiger charge is -2.06. The largest absolute Gasteiger partial charge is 0.296 e. The Kier molecular flexibility index (Phi) is 3.05. The minimum Gasteiger partial charge on any atom is -0.296 e. The van der Waals surface area contributed by atoms with Crippen molar-refractivity contribution in [3.63, 3.8) is 0 Å². The predicted molar refractivity (Wildman–Crippen MR) is 64.3 cm³/mol. The number of carbonyl (C=O) groups excluding carboxylic acids is 1. The Morgan fingerprint density at radius 2 is 2.12 bits per heavy atom. The first kappa shape index (κ1) is 11.3. The van der Waals surface area contributed by atoms with Crippen molar-refractivity contribution in [1.29, 1.82) is 0 Å². The zero-order valence-electron chi connectivity index (χ0n) is 9.73. The second kappa shape index (κ2) is 4.33. The van der Waals surface area contributed by atoms with Gasteiger partial charge in [-0.3, -0.25) is 4.79 Å². The molecule has 0 spiro atoms. The van der Waals surface area contributed by atoms with Gasteiger partial charge in [-0.15, -0.1) is 0 Å². The molecule has 0 aromatic carbocycles. The molecule has 2 aromatic rings. The Morgan fingerprint density at radius 1 is 1.44 bits per heavy atom. The molecule has 4 nitrogen and oxygen atoms in total. The van der Waals surface area contributed by atoms with E-state index in [1.807, 2.05) is 6.92 Å². The van der Waals surface area contributed by atoms with Gasteiger partial charge in [0.05, 0.1) is 5.69 Å². The molecule has 0 unspecified atom stereocenters. The molecule has 0 saturated heterocycles. The Balaban J connectivity index is 2.52. The summed E-state index contributed by atoms with van der Waals surface area (Å²) in [5, 5.41) is 5.57. The van der Waals surface area contributed by atoms with Gasteiger partial charge < -0.3 is 0 Å². The van der Waals surface area contributed by atoms with E-state index in [2.05, 4.69) is 23.9 Å². The maximum atomic E-state index is 10.9. The number of rotatable bonds is 4. The molecule has 0 amide bonds. The topological polar surface area (TPSA) is 47.3 Å². The fraction of sp³-hybridized carbons (Fsp3) is 0.545. The van der Waals surface area contributed by atoms with Crippen LogP contribution < -0.4 is 0 Å². The first-order valence-electron chi connectivity index (χ1n) is 5.52. The molecular formula is C11H15N3OS. The summed E-state index contributed by atoms with van der Waals surface area (Å²) < 4.78 is 1.67. The minimum atomic E-state index is 0.478. The molecule has 0 N–H and O–H groups in total. The van der Waals surface area contributed by atoms with Crippen LogP contribution in [-0.4, -0.2) is 20.9 Å². The minimum absolute atomic E-state index is 0.478. The summed E-state index contributed by atoms with van der Waals surface area (Å²) in [4.78, 5) is 16.1. The number of aryl methyl sites for hydroxylation is 1. The molecule has 2 rings (SSSR count). The monoisotopic (exact) mass is 237 g/mol. The number of aromatic nitrogens is 3. The van der Waals surface area contributed by atoms with Crippen molar-refractivity contribution in [3.8, 4) is 0 Å². The van der Waals surface area contributed by atoms with E-state index in [1.165, 1.54) is 0 Å². The first-order valence-corrected chi connectivity index (χ1v) is 6.34. The van der Waals surface area contributed by atoms with Gasteiger partial charge in [0.25, 0.3) is 0 Å². The summed E-state index contributed by atoms with van der Waals surface area (Å²) in [5.41, 5.74) is 1.33. The van der Waals surface area contributed by atoms with Gasteiger partial charge in [0.1, 0.15) is 10.7 Å². The normalized spacial score (nSPS) is 11.5. The van der Waals surface area contributed by atoms with Crippen molar-refractivity contribution in [3.05, 3.63) is 16.4 Å². The van der Waals surface area contributed by atoms with E-state index in [0.29, 0.717) is 11.6 Å². The molecule has 2 aromatic heterocycles. The summed E-state index contributed by atoms with van der Waals surface area (Å²) in [6.07, 6.45) is 2.97. The molecule has 0 aliphatic carbocycles. The molecule has 5 heteroatoms. The van der Waals surface area contributed by atoms with Gasteiger partial charge in [-0.2, -0.15) is 9.61 Å². The third-order valence-corrected chi connectivity index (χ3v) is 3.96. The highest BCUT2D eigenvalue weighted by Gasteiger charge is 2.17. The average Bonchev–Trinajstić information content (AvgIpc) is 2.76. The van der Waals surface area contributed by atoms with E-state index < -0.39 is 0 Å². The van der Waals surface area contributed by atoms with E-state index in [4.69, 9.17) is 0 Å². The quantitative estimate of drug-likeness (QED) is 0.768. The van der Waals surface area contributed by atoms with Gasteiger partial charge in [0.15, 0.2) is 6.29 Å². The average molecular weight is 237 g/mol. The van der Waals surface area contributed by atoms with Crippen LogP contribution in [0.25, 0.3) is 4.96 Å². The SMILES string of the molecule is CCC(CC)c1nn2c(C=O)c(C)nc2s1. The van der Waals surface area contributed by atoms with Gasteiger partial charge in [0, 0.05) is 5.92 Å². The lowest BCUT2D eigenvalue weighted by molar-refractivity contribution is 0.111. The van der Waals surface area contributed by atoms with Crippen molar-refractivity contribution < 1.29 is 4.79 Å². The standard InChI is InChI=1S/C11H15N3OS/c1-4-8(5-2)10-13-14-9(6-15)7(3)12-11(14)16-10/h6,8H,4-5H2,1-3H3. The fourth-order valence-corrected chi connectivity index (χ4v) is 3.04. The van der Waals surface area contributed by atoms with Gasteiger partial charge in [0.2, 0.25) is 4.96 Å². The molecule has 0 aliphatic heterocycles. The van der Waals surface area contributed by atoms with E-state index in [-0.39, 0.29) is 0 Å². The first-order chi connectivity index (χ1) is 7.71. The van der Waals surface area contributed by atoms with Gasteiger partial charge in [-0.1, -0.05) is 25.2 Å². The lowest BCUT2D eigenvalue weighted by atomic mass is 10.1. The third kappa shape index (κ3) is 1.65. The summed E-state index contributed by atoms with van der Waals surface area (Å²) in [6, 6.07) is 0. The summed E-state index contributed by atoms with van der Waals surface area (Å²) in [7, 11) is 0. The number of nitrogens with zero attached hydrogens (tertiary/aromatic N) is 3. The number of aldehydes is 1. The summed E-state index contributed by atoms with van der Waals surface area (Å²) >= 11 is 1.59. The number of carbonyl (C=O) groups is 1. The molecule has 0 aliphatic rings. The zero-order valence-corrected chi connectivity index (χ0v) is 10.5. The van der Waals surface area contributed by atoms with Crippen molar-refractivity contribution in [1.82, 2.24) is 14.6 Å². The molecule has 16 heavy (non-hydrogen) atoms. The summed E-state index contributed by atoms with van der Waals surface area (Å²) in [5.74, 6) is 0.478. The Morgan fingerprint density at radius 3 is 2.69 bits per heavy atom. The molecule has 0 saturated carbocycles. The number of hydrogen-bond donors (Lipinski definition) is 0. The highest BCUT2D eigenvalue weighted by molar-refractivity contribution is 7.16. The fourth-order valence-electron chi connectivity index (χ4n) is 1.82. The van der Waals surface area contributed by atoms with Crippen LogP contribution in [0.15, 0.2) is 0 Å². The van der Waals surface area contributed by atoms with Crippen LogP contribution in [0.4, 0.5) is 0 Å². The Bertz CT molecular complexity index is 510. The molecule has 0 bridgehead atoms. The lowest BCUT2D eigenvalue weighted by Crippen LogP contribution is -1.98. The van der Waals surface area contributed by atoms with E-state index in [9.17, 15) is 4.79 Å². The highest BCUT2D eigenvalue weighted by atomic mass is 32.1. The highest BCUT2D eigenvalue weighted by Crippen LogP contribution is 2.28. The van der Waals surface area contributed by atoms with Crippen molar-refractivity contribution >= 4 is 22.6 Å². The van der Waals surface area contributed by atoms with E-state index in [1.54, 1.807) is 15.9 Å². The maximum absolute atomic E-state index is 10.9. The van der Waals surface area contributed by atoms with Gasteiger partial charge in [-0.25, -0.2) is 4.98 Å². The Hall–Kier alpha value is -1.23. The number of hydrogen-bond acceptors (Lipinski definition) is 4. The van der Waals surface area contributed by atoms with Gasteiger partial charge >= 0.3 is 0 Å². The molecule has 0 radical (unpaired) electrons. The molecule has 2 heterocycles. The second-order valence-electron chi connectivity index (χ2n) is 3.85. The maximum Gasteiger partial charge on any atom is 0.213 e. The van der Waals surface area contributed by atoms with E-state index in [0.717, 1.165) is 34.8 Å². The zero-order chi connectivity index (χ0) is 11.7. The third-order valence-electron chi connectivity index (χ3n) is 2.88. The van der Waals surface area contributed by atoms with Crippen LogP contribution in [0.3, 0.4) is 0 Å². The van der Waals surface area contributed by atoms with Gasteiger partial charge in [-0.05, 0) is 19.8 Å². The number of imidazole rings is 1. The van der Waals surface area contributed by atoms with Crippen LogP contribution in [0.2, 0.25) is 0 Å². The Labute approximate surface area is 98.3 Å². The van der Waals surface area contributed by atoms with Crippen LogP contribution in [0.5, 0.6) is 0 Å². The summed E-state index contributed by atoms with van der Waals surface area (Å²) in [6.45, 7) is 6.15. The molecular weight excluding hydrogens is 222 g/mol. The molecule has 86 valence electrons. The van der Waals surface area contributed by atoms with Crippen LogP contribution in [-0.2, 0) is 0 Å². The van der Waals surface area contributed by atoms with Crippen molar-refractivity contribution in [2.75, 3.05) is 0 Å². The van der Waals surface area contributed by atoms with Crippen LogP contribution in [0.1, 0.15) is 53.8 Å². The second-order valence-corrected chi connectivity index (χ2v) is 4.84. The van der Waals surface area contributed by atoms with Crippen molar-refractivity contribution in [2.45, 2.75) is 39.5 Å². The number of fused-ring (bicyclic) bond motifs is 1. The van der Waals surface area contributed by atoms with Crippen LogP contribution in [0, 0.1) is 6.92 Å². The predicted octanol–water partition coefficient (Wildman–Crippen LogP) is 2.82. The molecule has 0 fully saturated rings. The van der Waals surface area contributed by atoms with Crippen molar-refractivity contribution in [2.24, 2.45) is 0 Å².